The molecule has 10 heavy (non-hydrogen) atoms. The van der Waals surface area contributed by atoms with Crippen molar-refractivity contribution in [3.63, 3.8) is 0 Å². The van der Waals surface area contributed by atoms with Gasteiger partial charge in [-0.3, -0.25) is 0 Å². The van der Waals surface area contributed by atoms with Gasteiger partial charge in [-0.25, -0.2) is 0 Å². The minimum atomic E-state index is 0.605. The molecule has 1 rings (SSSR count). The number of unbranched alkanes of at least 4 members (excludes halogenated alkanes) is 1. The van der Waals surface area contributed by atoms with Gasteiger partial charge in [0.1, 0.15) is 0 Å². The predicted octanol–water partition coefficient (Wildman–Crippen LogP) is 2.17. The maximum atomic E-state index is 3.55. The highest BCUT2D eigenvalue weighted by atomic mass is 15.0. The van der Waals surface area contributed by atoms with E-state index in [1.165, 1.54) is 25.8 Å². The minimum Gasteiger partial charge on any atom is -0.313 e. The van der Waals surface area contributed by atoms with Crippen molar-refractivity contribution in [2.75, 3.05) is 6.54 Å². The molecule has 0 aromatic carbocycles. The molecule has 1 nitrogen and oxygen atoms in total. The standard InChI is InChI=1S/C9H19N/c1-4-5-6-10-8-7-9(8,2)3/h8,10H,4-7H2,1-3H3/t8-/m0/s1. The molecule has 1 saturated carbocycles. The Labute approximate surface area is 64.2 Å². The van der Waals surface area contributed by atoms with Crippen molar-refractivity contribution in [2.24, 2.45) is 5.41 Å². The molecule has 0 saturated heterocycles. The van der Waals surface area contributed by atoms with Crippen LogP contribution in [0.2, 0.25) is 0 Å². The molecule has 1 heteroatoms. The fourth-order valence-corrected chi connectivity index (χ4v) is 1.27. The Bertz CT molecular complexity index is 107. The molecule has 1 aliphatic carbocycles. The van der Waals surface area contributed by atoms with Crippen LogP contribution in [0, 0.1) is 5.41 Å². The van der Waals surface area contributed by atoms with Crippen molar-refractivity contribution in [1.29, 1.82) is 0 Å². The maximum absolute atomic E-state index is 3.55. The summed E-state index contributed by atoms with van der Waals surface area (Å²) in [6, 6.07) is 0.819. The molecule has 60 valence electrons. The van der Waals surface area contributed by atoms with Crippen LogP contribution in [0.4, 0.5) is 0 Å². The Balaban J connectivity index is 1.97. The first-order valence-corrected chi connectivity index (χ1v) is 4.40. The first-order valence-electron chi connectivity index (χ1n) is 4.40. The maximum Gasteiger partial charge on any atom is 0.0124 e. The summed E-state index contributed by atoms with van der Waals surface area (Å²) >= 11 is 0. The summed E-state index contributed by atoms with van der Waals surface area (Å²) in [6.07, 6.45) is 4.00. The summed E-state index contributed by atoms with van der Waals surface area (Å²) in [4.78, 5) is 0. The van der Waals surface area contributed by atoms with Crippen molar-refractivity contribution in [3.05, 3.63) is 0 Å². The number of nitrogens with one attached hydrogen (secondary N) is 1. The zero-order valence-corrected chi connectivity index (χ0v) is 7.41. The van der Waals surface area contributed by atoms with Crippen LogP contribution in [0.25, 0.3) is 0 Å². The van der Waals surface area contributed by atoms with Crippen molar-refractivity contribution in [2.45, 2.75) is 46.1 Å². The van der Waals surface area contributed by atoms with E-state index < -0.39 is 0 Å². The van der Waals surface area contributed by atoms with Crippen LogP contribution in [-0.4, -0.2) is 12.6 Å². The Morgan fingerprint density at radius 2 is 2.10 bits per heavy atom. The van der Waals surface area contributed by atoms with E-state index in [9.17, 15) is 0 Å². The van der Waals surface area contributed by atoms with E-state index in [2.05, 4.69) is 26.1 Å². The molecule has 0 heterocycles. The monoisotopic (exact) mass is 141 g/mol. The van der Waals surface area contributed by atoms with Crippen LogP contribution in [-0.2, 0) is 0 Å². The lowest BCUT2D eigenvalue weighted by Gasteiger charge is -2.04. The largest absolute Gasteiger partial charge is 0.313 e. The van der Waals surface area contributed by atoms with Crippen LogP contribution in [0.5, 0.6) is 0 Å². The molecular formula is C9H19N. The molecule has 0 unspecified atom stereocenters. The summed E-state index contributed by atoms with van der Waals surface area (Å²) in [5.41, 5.74) is 0.605. The lowest BCUT2D eigenvalue weighted by Crippen LogP contribution is -2.21. The van der Waals surface area contributed by atoms with Crippen LogP contribution in [0.3, 0.4) is 0 Å². The molecule has 0 aromatic heterocycles. The highest BCUT2D eigenvalue weighted by molar-refractivity contribution is 5.01. The van der Waals surface area contributed by atoms with Crippen LogP contribution in [0.1, 0.15) is 40.0 Å². The zero-order valence-electron chi connectivity index (χ0n) is 7.41. The fraction of sp³-hybridized carbons (Fsp3) is 1.00. The molecule has 0 radical (unpaired) electrons. The summed E-state index contributed by atoms with van der Waals surface area (Å²) in [7, 11) is 0. The molecule has 1 atom stereocenters. The molecule has 1 aliphatic rings. The van der Waals surface area contributed by atoms with Crippen LogP contribution < -0.4 is 5.32 Å². The fourth-order valence-electron chi connectivity index (χ4n) is 1.27. The third kappa shape index (κ3) is 1.98. The van der Waals surface area contributed by atoms with E-state index in [0.717, 1.165) is 6.04 Å². The molecule has 1 fully saturated rings. The first-order chi connectivity index (χ1) is 4.67. The summed E-state index contributed by atoms with van der Waals surface area (Å²) in [5, 5.41) is 3.55. The van der Waals surface area contributed by atoms with E-state index in [4.69, 9.17) is 0 Å². The first kappa shape index (κ1) is 8.06. The van der Waals surface area contributed by atoms with Gasteiger partial charge in [-0.1, -0.05) is 27.2 Å². The topological polar surface area (TPSA) is 12.0 Å². The van der Waals surface area contributed by atoms with Crippen molar-refractivity contribution in [3.8, 4) is 0 Å². The quantitative estimate of drug-likeness (QED) is 0.592. The molecule has 1 N–H and O–H groups in total. The molecule has 0 bridgehead atoms. The highest BCUT2D eigenvalue weighted by Gasteiger charge is 2.44. The molecule has 0 aliphatic heterocycles. The molecule has 0 spiro atoms. The second-order valence-corrected chi connectivity index (χ2v) is 4.05. The van der Waals surface area contributed by atoms with Crippen LogP contribution >= 0.6 is 0 Å². The average Bonchev–Trinajstić information content (AvgIpc) is 2.41. The van der Waals surface area contributed by atoms with Crippen molar-refractivity contribution >= 4 is 0 Å². The lowest BCUT2D eigenvalue weighted by atomic mass is 10.2. The third-order valence-electron chi connectivity index (χ3n) is 2.43. The molecular weight excluding hydrogens is 122 g/mol. The van der Waals surface area contributed by atoms with Gasteiger partial charge in [0.15, 0.2) is 0 Å². The Kier molecular flexibility index (Phi) is 2.35. The minimum absolute atomic E-state index is 0.605. The Morgan fingerprint density at radius 3 is 2.50 bits per heavy atom. The Morgan fingerprint density at radius 1 is 1.50 bits per heavy atom. The van der Waals surface area contributed by atoms with Gasteiger partial charge >= 0.3 is 0 Å². The normalized spacial score (nSPS) is 28.5. The van der Waals surface area contributed by atoms with E-state index in [1.54, 1.807) is 0 Å². The SMILES string of the molecule is CCCCN[C@H]1CC1(C)C. The van der Waals surface area contributed by atoms with Crippen molar-refractivity contribution in [1.82, 2.24) is 5.32 Å². The lowest BCUT2D eigenvalue weighted by molar-refractivity contribution is 0.532. The van der Waals surface area contributed by atoms with E-state index in [1.807, 2.05) is 0 Å². The summed E-state index contributed by atoms with van der Waals surface area (Å²) in [5.74, 6) is 0. The highest BCUT2D eigenvalue weighted by Crippen LogP contribution is 2.44. The predicted molar refractivity (Wildman–Crippen MR) is 45.1 cm³/mol. The third-order valence-corrected chi connectivity index (χ3v) is 2.43. The number of hydrogen-bond donors (Lipinski definition) is 1. The van der Waals surface area contributed by atoms with Gasteiger partial charge < -0.3 is 5.32 Å². The van der Waals surface area contributed by atoms with E-state index in [-0.39, 0.29) is 0 Å². The molecule has 0 aromatic rings. The van der Waals surface area contributed by atoms with Crippen molar-refractivity contribution < 1.29 is 0 Å². The van der Waals surface area contributed by atoms with E-state index >= 15 is 0 Å². The average molecular weight is 141 g/mol. The molecule has 0 amide bonds. The number of rotatable bonds is 4. The van der Waals surface area contributed by atoms with Crippen LogP contribution in [0.15, 0.2) is 0 Å². The van der Waals surface area contributed by atoms with Gasteiger partial charge in [-0.15, -0.1) is 0 Å². The second kappa shape index (κ2) is 2.91. The number of hydrogen-bond acceptors (Lipinski definition) is 1. The van der Waals surface area contributed by atoms with Gasteiger partial charge in [0.2, 0.25) is 0 Å². The second-order valence-electron chi connectivity index (χ2n) is 4.05. The van der Waals surface area contributed by atoms with Gasteiger partial charge in [0, 0.05) is 6.04 Å². The van der Waals surface area contributed by atoms with E-state index in [0.29, 0.717) is 5.41 Å². The van der Waals surface area contributed by atoms with Gasteiger partial charge in [-0.2, -0.15) is 0 Å². The van der Waals surface area contributed by atoms with Gasteiger partial charge in [0.05, 0.1) is 0 Å². The van der Waals surface area contributed by atoms with Gasteiger partial charge in [0.25, 0.3) is 0 Å². The smallest absolute Gasteiger partial charge is 0.0124 e. The van der Waals surface area contributed by atoms with Gasteiger partial charge in [-0.05, 0) is 24.8 Å². The summed E-state index contributed by atoms with van der Waals surface area (Å²) < 4.78 is 0. The zero-order chi connectivity index (χ0) is 7.61. The summed E-state index contributed by atoms with van der Waals surface area (Å²) in [6.45, 7) is 8.11. The Hall–Kier alpha value is -0.0400.